The third-order valence-corrected chi connectivity index (χ3v) is 5.13. The van der Waals surface area contributed by atoms with Crippen LogP contribution in [0.15, 0.2) is 48.5 Å². The van der Waals surface area contributed by atoms with Crippen LogP contribution in [0.4, 0.5) is 5.69 Å². The van der Waals surface area contributed by atoms with Gasteiger partial charge in [0.25, 0.3) is 11.8 Å². The summed E-state index contributed by atoms with van der Waals surface area (Å²) in [5.74, 6) is 0.0624. The van der Waals surface area contributed by atoms with E-state index in [2.05, 4.69) is 36.6 Å². The minimum Gasteiger partial charge on any atom is -0.368 e. The van der Waals surface area contributed by atoms with Crippen LogP contribution in [0.3, 0.4) is 0 Å². The Morgan fingerprint density at radius 3 is 2.47 bits per heavy atom. The van der Waals surface area contributed by atoms with Gasteiger partial charge in [-0.2, -0.15) is 0 Å². The summed E-state index contributed by atoms with van der Waals surface area (Å²) in [6.45, 7) is 5.23. The number of nitrogens with two attached hydrogens (primary N) is 1. The van der Waals surface area contributed by atoms with E-state index in [4.69, 9.17) is 10.5 Å². The second kappa shape index (κ2) is 11.1. The monoisotopic (exact) mass is 431 g/mol. The summed E-state index contributed by atoms with van der Waals surface area (Å²) in [6.07, 6.45) is 1.20. The van der Waals surface area contributed by atoms with Crippen LogP contribution in [0, 0.1) is 0 Å². The molecule has 0 bridgehead atoms. The highest BCUT2D eigenvalue weighted by Gasteiger charge is 2.23. The van der Waals surface area contributed by atoms with E-state index in [0.717, 1.165) is 18.4 Å². The molecule has 0 saturated carbocycles. The van der Waals surface area contributed by atoms with Gasteiger partial charge in [0.05, 0.1) is 0 Å². The van der Waals surface area contributed by atoms with Crippen molar-refractivity contribution in [2.24, 2.45) is 5.73 Å². The highest BCUT2D eigenvalue weighted by atomic mass is 35.5. The molecule has 162 valence electrons. The van der Waals surface area contributed by atoms with Gasteiger partial charge in [0.15, 0.2) is 0 Å². The van der Waals surface area contributed by atoms with Gasteiger partial charge >= 0.3 is 0 Å². The van der Waals surface area contributed by atoms with Crippen molar-refractivity contribution >= 4 is 29.9 Å². The first-order valence-electron chi connectivity index (χ1n) is 10.1. The van der Waals surface area contributed by atoms with E-state index in [-0.39, 0.29) is 30.3 Å². The van der Waals surface area contributed by atoms with Crippen molar-refractivity contribution < 1.29 is 14.3 Å². The van der Waals surface area contributed by atoms with Gasteiger partial charge < -0.3 is 21.1 Å². The molecule has 3 rings (SSSR count). The zero-order valence-corrected chi connectivity index (χ0v) is 18.2. The quantitative estimate of drug-likeness (QED) is 0.621. The van der Waals surface area contributed by atoms with Crippen molar-refractivity contribution in [2.75, 3.05) is 18.5 Å². The fourth-order valence-corrected chi connectivity index (χ4v) is 3.30. The molecule has 2 unspecified atom stereocenters. The second-order valence-corrected chi connectivity index (χ2v) is 7.71. The summed E-state index contributed by atoms with van der Waals surface area (Å²) in [5.41, 5.74) is 9.51. The summed E-state index contributed by atoms with van der Waals surface area (Å²) >= 11 is 0. The lowest BCUT2D eigenvalue weighted by molar-refractivity contribution is -0.124. The van der Waals surface area contributed by atoms with Crippen LogP contribution in [-0.4, -0.2) is 31.1 Å². The van der Waals surface area contributed by atoms with Crippen molar-refractivity contribution in [1.29, 1.82) is 0 Å². The first-order valence-corrected chi connectivity index (χ1v) is 10.1. The van der Waals surface area contributed by atoms with E-state index in [1.807, 2.05) is 12.1 Å². The first-order chi connectivity index (χ1) is 13.9. The fourth-order valence-electron chi connectivity index (χ4n) is 3.30. The van der Waals surface area contributed by atoms with Gasteiger partial charge in [-0.15, -0.1) is 12.4 Å². The van der Waals surface area contributed by atoms with Gasteiger partial charge in [0, 0.05) is 30.4 Å². The zero-order valence-electron chi connectivity index (χ0n) is 17.4. The van der Waals surface area contributed by atoms with E-state index in [1.54, 1.807) is 24.3 Å². The molecule has 1 fully saturated rings. The summed E-state index contributed by atoms with van der Waals surface area (Å²) in [5, 5.41) is 5.68. The van der Waals surface area contributed by atoms with Crippen LogP contribution in [0.2, 0.25) is 0 Å². The lowest BCUT2D eigenvalue weighted by Crippen LogP contribution is -2.32. The molecule has 0 spiro atoms. The van der Waals surface area contributed by atoms with Gasteiger partial charge in [-0.3, -0.25) is 9.59 Å². The fraction of sp³-hybridized carbons (Fsp3) is 0.391. The first kappa shape index (κ1) is 23.9. The molecule has 4 N–H and O–H groups in total. The van der Waals surface area contributed by atoms with Crippen LogP contribution in [0.1, 0.15) is 60.1 Å². The molecular formula is C23H30ClN3O3. The molecule has 1 saturated heterocycles. The lowest BCUT2D eigenvalue weighted by Gasteiger charge is -2.15. The van der Waals surface area contributed by atoms with Crippen LogP contribution in [0.25, 0.3) is 0 Å². The lowest BCUT2D eigenvalue weighted by atomic mass is 9.99. The van der Waals surface area contributed by atoms with E-state index in [1.165, 1.54) is 5.56 Å². The minimum absolute atomic E-state index is 0. The SMILES string of the molecule is CC(C)c1ccc(C(N)CNC(=O)c2cccc(NC(=O)C3CCCO3)c2)cc1.Cl. The Morgan fingerprint density at radius 2 is 1.83 bits per heavy atom. The van der Waals surface area contributed by atoms with Crippen LogP contribution in [-0.2, 0) is 9.53 Å². The number of halogens is 1. The molecule has 7 heteroatoms. The molecule has 0 aliphatic carbocycles. The molecule has 1 aliphatic heterocycles. The predicted octanol–water partition coefficient (Wildman–Crippen LogP) is 3.78. The number of carbonyl (C=O) groups excluding carboxylic acids is 2. The second-order valence-electron chi connectivity index (χ2n) is 7.71. The molecule has 2 aromatic rings. The maximum absolute atomic E-state index is 12.5. The Bertz CT molecular complexity index is 849. The smallest absolute Gasteiger partial charge is 0.253 e. The van der Waals surface area contributed by atoms with E-state index in [9.17, 15) is 9.59 Å². The van der Waals surface area contributed by atoms with E-state index >= 15 is 0 Å². The standard InChI is InChI=1S/C23H29N3O3.ClH/c1-15(2)16-8-10-17(11-9-16)20(24)14-25-22(27)18-5-3-6-19(13-18)26-23(28)21-7-4-12-29-21;/h3,5-6,8-11,13,15,20-21H,4,7,12,14,24H2,1-2H3,(H,25,27)(H,26,28);1H. The Balaban J connectivity index is 0.00000320. The summed E-state index contributed by atoms with van der Waals surface area (Å²) in [7, 11) is 0. The van der Waals surface area contributed by atoms with Crippen molar-refractivity contribution in [3.63, 3.8) is 0 Å². The van der Waals surface area contributed by atoms with Gasteiger partial charge in [-0.25, -0.2) is 0 Å². The Morgan fingerprint density at radius 1 is 1.13 bits per heavy atom. The topological polar surface area (TPSA) is 93.5 Å². The van der Waals surface area contributed by atoms with E-state index < -0.39 is 6.10 Å². The van der Waals surface area contributed by atoms with Crippen molar-refractivity contribution in [3.05, 3.63) is 65.2 Å². The molecule has 2 aromatic carbocycles. The molecule has 6 nitrogen and oxygen atoms in total. The highest BCUT2D eigenvalue weighted by Crippen LogP contribution is 2.18. The largest absolute Gasteiger partial charge is 0.368 e. The normalized spacial score (nSPS) is 16.6. The zero-order chi connectivity index (χ0) is 20.8. The van der Waals surface area contributed by atoms with Gasteiger partial charge in [-0.1, -0.05) is 44.2 Å². The number of anilines is 1. The molecule has 30 heavy (non-hydrogen) atoms. The Kier molecular flexibility index (Phi) is 8.84. The number of hydrogen-bond acceptors (Lipinski definition) is 4. The van der Waals surface area contributed by atoms with Crippen molar-refractivity contribution in [3.8, 4) is 0 Å². The average molecular weight is 432 g/mol. The van der Waals surface area contributed by atoms with Crippen LogP contribution < -0.4 is 16.4 Å². The van der Waals surface area contributed by atoms with Gasteiger partial charge in [0.2, 0.25) is 0 Å². The third kappa shape index (κ3) is 6.29. The molecule has 2 atom stereocenters. The highest BCUT2D eigenvalue weighted by molar-refractivity contribution is 5.98. The summed E-state index contributed by atoms with van der Waals surface area (Å²) in [6, 6.07) is 14.7. The predicted molar refractivity (Wildman–Crippen MR) is 121 cm³/mol. The van der Waals surface area contributed by atoms with Gasteiger partial charge in [-0.05, 0) is 48.1 Å². The minimum atomic E-state index is -0.410. The number of hydrogen-bond donors (Lipinski definition) is 3. The molecule has 1 heterocycles. The molecular weight excluding hydrogens is 402 g/mol. The maximum Gasteiger partial charge on any atom is 0.253 e. The Labute approximate surface area is 184 Å². The van der Waals surface area contributed by atoms with Crippen molar-refractivity contribution in [1.82, 2.24) is 5.32 Å². The number of rotatable bonds is 7. The van der Waals surface area contributed by atoms with Crippen LogP contribution in [0.5, 0.6) is 0 Å². The molecule has 2 amide bonds. The van der Waals surface area contributed by atoms with Crippen LogP contribution >= 0.6 is 12.4 Å². The molecule has 0 aromatic heterocycles. The van der Waals surface area contributed by atoms with Gasteiger partial charge in [0.1, 0.15) is 6.10 Å². The molecule has 0 radical (unpaired) electrons. The maximum atomic E-state index is 12.5. The summed E-state index contributed by atoms with van der Waals surface area (Å²) in [4.78, 5) is 24.7. The number of amides is 2. The number of benzene rings is 2. The summed E-state index contributed by atoms with van der Waals surface area (Å²) < 4.78 is 5.39. The third-order valence-electron chi connectivity index (χ3n) is 5.13. The number of nitrogens with one attached hydrogen (secondary N) is 2. The number of ether oxygens (including phenoxy) is 1. The van der Waals surface area contributed by atoms with Crippen molar-refractivity contribution in [2.45, 2.75) is 44.8 Å². The average Bonchev–Trinajstić information content (AvgIpc) is 3.27. The number of carbonyl (C=O) groups is 2. The Hall–Kier alpha value is -2.41. The molecule has 1 aliphatic rings. The van der Waals surface area contributed by atoms with E-state index in [0.29, 0.717) is 30.3 Å².